The highest BCUT2D eigenvalue weighted by molar-refractivity contribution is 6.14. The van der Waals surface area contributed by atoms with Gasteiger partial charge in [-0.15, -0.1) is 0 Å². The molecule has 5 heteroatoms. The monoisotopic (exact) mass is 400 g/mol. The van der Waals surface area contributed by atoms with E-state index in [9.17, 15) is 9.59 Å². The van der Waals surface area contributed by atoms with E-state index in [0.29, 0.717) is 29.2 Å². The number of aryl methyl sites for hydroxylation is 1. The van der Waals surface area contributed by atoms with Crippen molar-refractivity contribution >= 4 is 17.6 Å². The molecule has 0 saturated heterocycles. The summed E-state index contributed by atoms with van der Waals surface area (Å²) < 4.78 is 13.0. The van der Waals surface area contributed by atoms with Crippen LogP contribution in [0, 0.1) is 6.92 Å². The third-order valence-corrected chi connectivity index (χ3v) is 4.87. The molecule has 0 saturated carbocycles. The first-order chi connectivity index (χ1) is 14.5. The summed E-state index contributed by atoms with van der Waals surface area (Å²) in [6.07, 6.45) is 5.34. The van der Waals surface area contributed by atoms with Gasteiger partial charge in [0.05, 0.1) is 12.2 Å². The molecule has 3 aromatic rings. The third kappa shape index (κ3) is 4.15. The lowest BCUT2D eigenvalue weighted by Gasteiger charge is -2.03. The van der Waals surface area contributed by atoms with Gasteiger partial charge in [-0.3, -0.25) is 9.59 Å². The standard InChI is InChI=1S/C25H22NO4/c1-3-29-20-8-9-21-23(15-20)30-24(25(21)28)14-18-10-12-26(13-11-18)16-22(27)19-6-4-17(2)5-7-19/h4-15H,3,16H2,1-2H3/q+1/b24-14-. The zero-order valence-electron chi connectivity index (χ0n) is 16.9. The van der Waals surface area contributed by atoms with Crippen molar-refractivity contribution in [2.24, 2.45) is 0 Å². The highest BCUT2D eigenvalue weighted by Gasteiger charge is 2.27. The van der Waals surface area contributed by atoms with Crippen LogP contribution in [0.15, 0.2) is 72.8 Å². The first-order valence-electron chi connectivity index (χ1n) is 9.83. The van der Waals surface area contributed by atoms with Crippen LogP contribution in [-0.2, 0) is 6.54 Å². The summed E-state index contributed by atoms with van der Waals surface area (Å²) in [4.78, 5) is 25.0. The molecule has 4 rings (SSSR count). The number of aromatic nitrogens is 1. The number of rotatable bonds is 6. The Balaban J connectivity index is 1.46. The summed E-state index contributed by atoms with van der Waals surface area (Å²) in [5.74, 6) is 1.34. The molecule has 0 amide bonds. The first kappa shape index (κ1) is 19.6. The fourth-order valence-corrected chi connectivity index (χ4v) is 3.24. The number of carbonyl (C=O) groups excluding carboxylic acids is 2. The van der Waals surface area contributed by atoms with Gasteiger partial charge in [0.2, 0.25) is 18.1 Å². The Morgan fingerprint density at radius 3 is 2.50 bits per heavy atom. The minimum Gasteiger partial charge on any atom is -0.494 e. The lowest BCUT2D eigenvalue weighted by atomic mass is 10.1. The van der Waals surface area contributed by atoms with Gasteiger partial charge in [0.25, 0.3) is 0 Å². The van der Waals surface area contributed by atoms with E-state index in [2.05, 4.69) is 0 Å². The SMILES string of the molecule is CCOc1ccc2c(c1)O/C(=C\c1cc[n+](CC(=O)c3ccc(C)cc3)cc1)C2=O. The number of pyridine rings is 1. The van der Waals surface area contributed by atoms with Crippen molar-refractivity contribution in [2.75, 3.05) is 6.61 Å². The van der Waals surface area contributed by atoms with E-state index >= 15 is 0 Å². The molecule has 0 aliphatic carbocycles. The Morgan fingerprint density at radius 2 is 1.80 bits per heavy atom. The second-order valence-electron chi connectivity index (χ2n) is 7.12. The van der Waals surface area contributed by atoms with Crippen molar-refractivity contribution in [3.8, 4) is 11.5 Å². The number of allylic oxidation sites excluding steroid dienone is 1. The first-order valence-corrected chi connectivity index (χ1v) is 9.83. The van der Waals surface area contributed by atoms with Crippen molar-refractivity contribution < 1.29 is 23.6 Å². The second kappa shape index (κ2) is 8.33. The van der Waals surface area contributed by atoms with Crippen LogP contribution in [0.2, 0.25) is 0 Å². The molecule has 0 atom stereocenters. The lowest BCUT2D eigenvalue weighted by Crippen LogP contribution is -2.37. The van der Waals surface area contributed by atoms with E-state index in [0.717, 1.165) is 11.1 Å². The molecule has 2 heterocycles. The minimum absolute atomic E-state index is 0.0426. The Hall–Kier alpha value is -3.73. The van der Waals surface area contributed by atoms with Gasteiger partial charge < -0.3 is 9.47 Å². The van der Waals surface area contributed by atoms with E-state index in [1.165, 1.54) is 0 Å². The molecule has 0 bridgehead atoms. The van der Waals surface area contributed by atoms with Crippen molar-refractivity contribution in [3.05, 3.63) is 95.0 Å². The van der Waals surface area contributed by atoms with Gasteiger partial charge in [0.1, 0.15) is 11.5 Å². The van der Waals surface area contributed by atoms with Gasteiger partial charge >= 0.3 is 0 Å². The van der Waals surface area contributed by atoms with Crippen LogP contribution in [0.5, 0.6) is 11.5 Å². The van der Waals surface area contributed by atoms with E-state index < -0.39 is 0 Å². The molecule has 30 heavy (non-hydrogen) atoms. The van der Waals surface area contributed by atoms with Gasteiger partial charge in [-0.1, -0.05) is 29.8 Å². The fourth-order valence-electron chi connectivity index (χ4n) is 3.24. The number of hydrogen-bond donors (Lipinski definition) is 0. The lowest BCUT2D eigenvalue weighted by molar-refractivity contribution is -0.683. The number of benzene rings is 2. The zero-order valence-corrected chi connectivity index (χ0v) is 16.9. The van der Waals surface area contributed by atoms with Crippen LogP contribution in [0.1, 0.15) is 38.8 Å². The number of carbonyl (C=O) groups is 2. The molecule has 2 aromatic carbocycles. The van der Waals surface area contributed by atoms with E-state index in [-0.39, 0.29) is 23.9 Å². The smallest absolute Gasteiger partial charge is 0.231 e. The average Bonchev–Trinajstić information content (AvgIpc) is 3.05. The molecule has 1 aliphatic heterocycles. The Bertz CT molecular complexity index is 1130. The quantitative estimate of drug-likeness (QED) is 0.354. The van der Waals surface area contributed by atoms with Crippen LogP contribution in [0.25, 0.3) is 6.08 Å². The van der Waals surface area contributed by atoms with Crippen molar-refractivity contribution in [1.82, 2.24) is 0 Å². The molecule has 0 N–H and O–H groups in total. The maximum atomic E-state index is 12.6. The molecule has 0 unspecified atom stereocenters. The number of hydrogen-bond acceptors (Lipinski definition) is 4. The van der Waals surface area contributed by atoms with Crippen LogP contribution in [0.3, 0.4) is 0 Å². The second-order valence-corrected chi connectivity index (χ2v) is 7.12. The van der Waals surface area contributed by atoms with Crippen molar-refractivity contribution in [3.63, 3.8) is 0 Å². The Kier molecular flexibility index (Phi) is 5.44. The van der Waals surface area contributed by atoms with Gasteiger partial charge in [0.15, 0.2) is 18.2 Å². The van der Waals surface area contributed by atoms with E-state index in [1.807, 2.05) is 67.2 Å². The van der Waals surface area contributed by atoms with Gasteiger partial charge in [0, 0.05) is 23.8 Å². The number of ketones is 2. The minimum atomic E-state index is -0.153. The van der Waals surface area contributed by atoms with Crippen LogP contribution >= 0.6 is 0 Å². The predicted molar refractivity (Wildman–Crippen MR) is 113 cm³/mol. The average molecular weight is 400 g/mol. The Morgan fingerprint density at radius 1 is 1.07 bits per heavy atom. The molecule has 0 spiro atoms. The van der Waals surface area contributed by atoms with E-state index in [4.69, 9.17) is 9.47 Å². The molecule has 0 fully saturated rings. The van der Waals surface area contributed by atoms with Crippen molar-refractivity contribution in [2.45, 2.75) is 20.4 Å². The maximum Gasteiger partial charge on any atom is 0.231 e. The summed E-state index contributed by atoms with van der Waals surface area (Å²) in [6.45, 7) is 4.69. The largest absolute Gasteiger partial charge is 0.494 e. The third-order valence-electron chi connectivity index (χ3n) is 4.87. The number of ether oxygens (including phenoxy) is 2. The van der Waals surface area contributed by atoms with Gasteiger partial charge in [-0.25, -0.2) is 0 Å². The summed E-state index contributed by atoms with van der Waals surface area (Å²) in [5.41, 5.74) is 3.15. The highest BCUT2D eigenvalue weighted by atomic mass is 16.5. The normalized spacial score (nSPS) is 13.8. The molecular weight excluding hydrogens is 378 g/mol. The number of nitrogens with zero attached hydrogens (tertiary/aromatic N) is 1. The van der Waals surface area contributed by atoms with Gasteiger partial charge in [-0.05, 0) is 37.6 Å². The van der Waals surface area contributed by atoms with Crippen LogP contribution in [-0.4, -0.2) is 18.2 Å². The molecular formula is C25H22NO4+. The van der Waals surface area contributed by atoms with Crippen molar-refractivity contribution in [1.29, 1.82) is 0 Å². The number of fused-ring (bicyclic) bond motifs is 1. The molecule has 150 valence electrons. The summed E-state index contributed by atoms with van der Waals surface area (Å²) in [5, 5.41) is 0. The van der Waals surface area contributed by atoms with Crippen LogP contribution in [0.4, 0.5) is 0 Å². The predicted octanol–water partition coefficient (Wildman–Crippen LogP) is 4.18. The van der Waals surface area contributed by atoms with E-state index in [1.54, 1.807) is 24.3 Å². The zero-order chi connectivity index (χ0) is 21.1. The summed E-state index contributed by atoms with van der Waals surface area (Å²) in [7, 11) is 0. The number of Topliss-reactive ketones (excluding diaryl/α,β-unsaturated/α-hetero) is 2. The molecule has 0 radical (unpaired) electrons. The summed E-state index contributed by atoms with van der Waals surface area (Å²) in [6, 6.07) is 16.5. The highest BCUT2D eigenvalue weighted by Crippen LogP contribution is 2.34. The topological polar surface area (TPSA) is 56.5 Å². The molecule has 1 aromatic heterocycles. The van der Waals surface area contributed by atoms with Crippen LogP contribution < -0.4 is 14.0 Å². The fraction of sp³-hybridized carbons (Fsp3) is 0.160. The molecule has 5 nitrogen and oxygen atoms in total. The maximum absolute atomic E-state index is 12.6. The Labute approximate surface area is 175 Å². The molecule has 1 aliphatic rings. The summed E-state index contributed by atoms with van der Waals surface area (Å²) >= 11 is 0. The van der Waals surface area contributed by atoms with Gasteiger partial charge in [-0.2, -0.15) is 4.57 Å².